The monoisotopic (exact) mass is 457 g/mol. The highest BCUT2D eigenvalue weighted by molar-refractivity contribution is 6.42. The van der Waals surface area contributed by atoms with Gasteiger partial charge < -0.3 is 10.3 Å². The maximum atomic E-state index is 13.4. The number of hydrogen-bond acceptors (Lipinski definition) is 2. The molecule has 156 valence electrons. The van der Waals surface area contributed by atoms with E-state index in [1.165, 1.54) is 6.08 Å². The Hall–Kier alpha value is -3.22. The van der Waals surface area contributed by atoms with Crippen LogP contribution < -0.4 is 5.32 Å². The van der Waals surface area contributed by atoms with Gasteiger partial charge in [-0.05, 0) is 29.3 Å². The van der Waals surface area contributed by atoms with E-state index >= 15 is 0 Å². The molecule has 0 aliphatic heterocycles. The fraction of sp³-hybridized carbons (Fsp3) is 0.0435. The lowest BCUT2D eigenvalue weighted by Gasteiger charge is -2.04. The second kappa shape index (κ2) is 8.88. The van der Waals surface area contributed by atoms with Crippen LogP contribution in [0.25, 0.3) is 28.5 Å². The second-order valence-corrected chi connectivity index (χ2v) is 7.60. The summed E-state index contributed by atoms with van der Waals surface area (Å²) in [5.74, 6) is -1.63. The number of imidazole rings is 1. The van der Waals surface area contributed by atoms with E-state index in [9.17, 15) is 13.6 Å². The van der Waals surface area contributed by atoms with Crippen LogP contribution in [-0.4, -0.2) is 15.9 Å². The Labute approximate surface area is 186 Å². The first-order valence-electron chi connectivity index (χ1n) is 9.24. The maximum absolute atomic E-state index is 13.4. The molecule has 4 nitrogen and oxygen atoms in total. The normalized spacial score (nSPS) is 11.4. The third-order valence-corrected chi connectivity index (χ3v) is 5.33. The molecule has 0 radical (unpaired) electrons. The number of hydrogen-bond donors (Lipinski definition) is 2. The van der Waals surface area contributed by atoms with E-state index in [0.29, 0.717) is 33.4 Å². The molecule has 3 aromatic carbocycles. The number of nitrogens with zero attached hydrogens (tertiary/aromatic N) is 1. The molecule has 8 heteroatoms. The zero-order valence-corrected chi connectivity index (χ0v) is 17.4. The molecule has 1 amide bonds. The number of fused-ring (bicyclic) bond motifs is 1. The minimum absolute atomic E-state index is 0.253. The van der Waals surface area contributed by atoms with Gasteiger partial charge in [0, 0.05) is 30.3 Å². The molecule has 0 aliphatic carbocycles. The average molecular weight is 458 g/mol. The summed E-state index contributed by atoms with van der Waals surface area (Å²) < 4.78 is 26.7. The van der Waals surface area contributed by atoms with Crippen molar-refractivity contribution < 1.29 is 13.6 Å². The molecule has 4 rings (SSSR count). The lowest BCUT2D eigenvalue weighted by Crippen LogP contribution is -2.20. The molecule has 0 fully saturated rings. The SMILES string of the molecule is O=C(/C=C/c1ccc(-c2nc3cc(F)c(F)cc3[nH]2)cc1)NCc1ccc(Cl)c(Cl)c1. The Morgan fingerprint density at radius 3 is 2.48 bits per heavy atom. The first kappa shape index (κ1) is 21.0. The average Bonchev–Trinajstić information content (AvgIpc) is 3.16. The first-order chi connectivity index (χ1) is 14.9. The van der Waals surface area contributed by atoms with Gasteiger partial charge in [-0.1, -0.05) is 53.5 Å². The van der Waals surface area contributed by atoms with Crippen molar-refractivity contribution >= 4 is 46.2 Å². The van der Waals surface area contributed by atoms with Gasteiger partial charge >= 0.3 is 0 Å². The van der Waals surface area contributed by atoms with Crippen LogP contribution in [0.3, 0.4) is 0 Å². The summed E-state index contributed by atoms with van der Waals surface area (Å²) in [4.78, 5) is 19.3. The van der Waals surface area contributed by atoms with Gasteiger partial charge in [-0.2, -0.15) is 0 Å². The van der Waals surface area contributed by atoms with Gasteiger partial charge in [0.15, 0.2) is 11.6 Å². The molecular formula is C23H15Cl2F2N3O. The van der Waals surface area contributed by atoms with E-state index in [-0.39, 0.29) is 5.91 Å². The van der Waals surface area contributed by atoms with Gasteiger partial charge in [0.2, 0.25) is 5.91 Å². The van der Waals surface area contributed by atoms with Crippen LogP contribution in [0.5, 0.6) is 0 Å². The summed E-state index contributed by atoms with van der Waals surface area (Å²) in [6.07, 6.45) is 3.11. The molecule has 0 atom stereocenters. The molecule has 0 unspecified atom stereocenters. The van der Waals surface area contributed by atoms with Crippen LogP contribution in [0.15, 0.2) is 60.7 Å². The number of carbonyl (C=O) groups is 1. The fourth-order valence-electron chi connectivity index (χ4n) is 2.96. The molecule has 4 aromatic rings. The lowest BCUT2D eigenvalue weighted by atomic mass is 10.1. The third kappa shape index (κ3) is 4.93. The summed E-state index contributed by atoms with van der Waals surface area (Å²) >= 11 is 11.8. The highest BCUT2D eigenvalue weighted by Crippen LogP contribution is 2.24. The molecule has 0 aliphatic rings. The molecule has 1 aromatic heterocycles. The van der Waals surface area contributed by atoms with Gasteiger partial charge in [0.1, 0.15) is 5.82 Å². The summed E-state index contributed by atoms with van der Waals surface area (Å²) in [6, 6.07) is 14.5. The molecule has 0 bridgehead atoms. The van der Waals surface area contributed by atoms with Crippen molar-refractivity contribution in [2.45, 2.75) is 6.54 Å². The highest BCUT2D eigenvalue weighted by atomic mass is 35.5. The van der Waals surface area contributed by atoms with Crippen LogP contribution in [0.1, 0.15) is 11.1 Å². The molecule has 2 N–H and O–H groups in total. The number of carbonyl (C=O) groups excluding carboxylic acids is 1. The Balaban J connectivity index is 1.40. The van der Waals surface area contributed by atoms with E-state index in [1.54, 1.807) is 36.4 Å². The van der Waals surface area contributed by atoms with E-state index in [2.05, 4.69) is 15.3 Å². The Bertz CT molecular complexity index is 1260. The van der Waals surface area contributed by atoms with Crippen LogP contribution in [0.2, 0.25) is 10.0 Å². The minimum atomic E-state index is -0.941. The number of benzene rings is 3. The van der Waals surface area contributed by atoms with Gasteiger partial charge in [0.25, 0.3) is 0 Å². The number of halogens is 4. The van der Waals surface area contributed by atoms with Gasteiger partial charge in [0.05, 0.1) is 21.1 Å². The van der Waals surface area contributed by atoms with Crippen molar-refractivity contribution in [2.75, 3.05) is 0 Å². The topological polar surface area (TPSA) is 57.8 Å². The van der Waals surface area contributed by atoms with Crippen LogP contribution >= 0.6 is 23.2 Å². The second-order valence-electron chi connectivity index (χ2n) is 6.79. The number of aromatic amines is 1. The molecule has 0 spiro atoms. The highest BCUT2D eigenvalue weighted by Gasteiger charge is 2.10. The summed E-state index contributed by atoms with van der Waals surface area (Å²) in [5.41, 5.74) is 3.15. The standard InChI is InChI=1S/C23H15Cl2F2N3O/c24-16-7-3-14(9-17(16)25)12-28-22(31)8-4-13-1-5-15(6-2-13)23-29-20-10-18(26)19(27)11-21(20)30-23/h1-11H,12H2,(H,28,31)(H,29,30)/b8-4+. The molecule has 31 heavy (non-hydrogen) atoms. The molecule has 0 saturated heterocycles. The number of aromatic nitrogens is 2. The summed E-state index contributed by atoms with van der Waals surface area (Å²) in [7, 11) is 0. The predicted molar refractivity (Wildman–Crippen MR) is 119 cm³/mol. The zero-order chi connectivity index (χ0) is 22.0. The van der Waals surface area contributed by atoms with Crippen molar-refractivity contribution in [1.29, 1.82) is 0 Å². The molecule has 0 saturated carbocycles. The summed E-state index contributed by atoms with van der Waals surface area (Å²) in [6.45, 7) is 0.326. The number of nitrogens with one attached hydrogen (secondary N) is 2. The number of rotatable bonds is 5. The molecule has 1 heterocycles. The van der Waals surface area contributed by atoms with Crippen molar-refractivity contribution in [2.24, 2.45) is 0 Å². The van der Waals surface area contributed by atoms with Crippen LogP contribution in [0, 0.1) is 11.6 Å². The number of H-pyrrole nitrogens is 1. The first-order valence-corrected chi connectivity index (χ1v) is 10.00. The van der Waals surface area contributed by atoms with Gasteiger partial charge in [-0.3, -0.25) is 4.79 Å². The van der Waals surface area contributed by atoms with Crippen molar-refractivity contribution in [3.63, 3.8) is 0 Å². The van der Waals surface area contributed by atoms with Crippen LogP contribution in [-0.2, 0) is 11.3 Å². The zero-order valence-electron chi connectivity index (χ0n) is 15.9. The maximum Gasteiger partial charge on any atom is 0.244 e. The van der Waals surface area contributed by atoms with E-state index in [4.69, 9.17) is 23.2 Å². The largest absolute Gasteiger partial charge is 0.348 e. The number of amides is 1. The third-order valence-electron chi connectivity index (χ3n) is 4.59. The Morgan fingerprint density at radius 1 is 1.00 bits per heavy atom. The van der Waals surface area contributed by atoms with Gasteiger partial charge in [-0.15, -0.1) is 0 Å². The smallest absolute Gasteiger partial charge is 0.244 e. The van der Waals surface area contributed by atoms with E-state index in [0.717, 1.165) is 28.8 Å². The quantitative estimate of drug-likeness (QED) is 0.353. The van der Waals surface area contributed by atoms with Crippen molar-refractivity contribution in [3.05, 3.63) is 93.5 Å². The Kier molecular flexibility index (Phi) is 6.02. The minimum Gasteiger partial charge on any atom is -0.348 e. The van der Waals surface area contributed by atoms with Gasteiger partial charge in [-0.25, -0.2) is 13.8 Å². The summed E-state index contributed by atoms with van der Waals surface area (Å²) in [5, 5.41) is 3.67. The Morgan fingerprint density at radius 2 is 1.74 bits per heavy atom. The van der Waals surface area contributed by atoms with Crippen molar-refractivity contribution in [1.82, 2.24) is 15.3 Å². The van der Waals surface area contributed by atoms with E-state index < -0.39 is 11.6 Å². The lowest BCUT2D eigenvalue weighted by molar-refractivity contribution is -0.116. The molecular weight excluding hydrogens is 443 g/mol. The van der Waals surface area contributed by atoms with Crippen LogP contribution in [0.4, 0.5) is 8.78 Å². The van der Waals surface area contributed by atoms with Crippen molar-refractivity contribution in [3.8, 4) is 11.4 Å². The fourth-order valence-corrected chi connectivity index (χ4v) is 3.28. The predicted octanol–water partition coefficient (Wildman–Crippen LogP) is 6.14. The van der Waals surface area contributed by atoms with E-state index in [1.807, 2.05) is 12.1 Å².